The molecule has 21 heavy (non-hydrogen) atoms. The number of unbranched alkanes of at least 4 members (excludes halogenated alkanes) is 6. The van der Waals surface area contributed by atoms with E-state index in [0.717, 1.165) is 13.0 Å². The number of nitrogens with zero attached hydrogens (tertiary/aromatic N) is 1. The van der Waals surface area contributed by atoms with Gasteiger partial charge < -0.3 is 5.32 Å². The van der Waals surface area contributed by atoms with Gasteiger partial charge in [-0.3, -0.25) is 4.98 Å². The van der Waals surface area contributed by atoms with Crippen molar-refractivity contribution in [1.82, 2.24) is 10.3 Å². The van der Waals surface area contributed by atoms with Crippen LogP contribution in [0.5, 0.6) is 0 Å². The van der Waals surface area contributed by atoms with E-state index in [0.29, 0.717) is 6.04 Å². The molecule has 2 heteroatoms. The molecule has 0 aliphatic carbocycles. The number of hydrogen-bond donors (Lipinski definition) is 1. The van der Waals surface area contributed by atoms with Crippen LogP contribution in [0.25, 0.3) is 0 Å². The van der Waals surface area contributed by atoms with Gasteiger partial charge in [0, 0.05) is 24.4 Å². The topological polar surface area (TPSA) is 24.9 Å². The van der Waals surface area contributed by atoms with Gasteiger partial charge in [-0.1, -0.05) is 64.9 Å². The van der Waals surface area contributed by atoms with Crippen LogP contribution in [-0.2, 0) is 6.42 Å². The minimum absolute atomic E-state index is 0.583. The highest BCUT2D eigenvalue weighted by atomic mass is 14.9. The summed E-state index contributed by atoms with van der Waals surface area (Å²) in [5.41, 5.74) is 2.58. The Hall–Kier alpha value is -0.890. The highest BCUT2D eigenvalue weighted by molar-refractivity contribution is 5.18. The first-order chi connectivity index (χ1) is 10.3. The predicted octanol–water partition coefficient (Wildman–Crippen LogP) is 5.05. The van der Waals surface area contributed by atoms with E-state index >= 15 is 0 Å². The summed E-state index contributed by atoms with van der Waals surface area (Å²) in [5.74, 6) is 0. The Labute approximate surface area is 131 Å². The lowest BCUT2D eigenvalue weighted by Gasteiger charge is -2.18. The summed E-state index contributed by atoms with van der Waals surface area (Å²) in [5, 5.41) is 3.63. The maximum absolute atomic E-state index is 4.54. The first-order valence-corrected chi connectivity index (χ1v) is 8.91. The fraction of sp³-hybridized carbons (Fsp3) is 0.737. The third kappa shape index (κ3) is 8.21. The van der Waals surface area contributed by atoms with Crippen molar-refractivity contribution in [3.63, 3.8) is 0 Å². The zero-order valence-corrected chi connectivity index (χ0v) is 14.3. The highest BCUT2D eigenvalue weighted by Gasteiger charge is 2.10. The third-order valence-corrected chi connectivity index (χ3v) is 4.21. The zero-order valence-electron chi connectivity index (χ0n) is 14.3. The maximum Gasteiger partial charge on any atom is 0.0448 e. The number of hydrogen-bond acceptors (Lipinski definition) is 2. The maximum atomic E-state index is 4.54. The second-order valence-corrected chi connectivity index (χ2v) is 6.14. The fourth-order valence-corrected chi connectivity index (χ4v) is 2.88. The quantitative estimate of drug-likeness (QED) is 0.545. The molecular weight excluding hydrogens is 256 g/mol. The molecule has 0 aliphatic rings. The van der Waals surface area contributed by atoms with Crippen LogP contribution >= 0.6 is 0 Å². The van der Waals surface area contributed by atoms with E-state index in [1.807, 2.05) is 12.3 Å². The SMILES string of the molecule is CCCCCCCCCC(Cc1ncccc1C)NCC. The molecule has 1 N–H and O–H groups in total. The Kier molecular flexibility index (Phi) is 10.1. The minimum Gasteiger partial charge on any atom is -0.314 e. The summed E-state index contributed by atoms with van der Waals surface area (Å²) in [6.07, 6.45) is 14.0. The molecule has 0 fully saturated rings. The molecule has 0 saturated carbocycles. The van der Waals surface area contributed by atoms with E-state index in [1.165, 1.54) is 62.6 Å². The largest absolute Gasteiger partial charge is 0.314 e. The van der Waals surface area contributed by atoms with Crippen LogP contribution in [0.15, 0.2) is 18.3 Å². The fourth-order valence-electron chi connectivity index (χ4n) is 2.88. The van der Waals surface area contributed by atoms with Crippen LogP contribution in [0.2, 0.25) is 0 Å². The summed E-state index contributed by atoms with van der Waals surface area (Å²) in [6.45, 7) is 7.69. The highest BCUT2D eigenvalue weighted by Crippen LogP contribution is 2.13. The number of aryl methyl sites for hydroxylation is 1. The van der Waals surface area contributed by atoms with Gasteiger partial charge in [-0.25, -0.2) is 0 Å². The Bertz CT molecular complexity index is 362. The van der Waals surface area contributed by atoms with Gasteiger partial charge in [0.15, 0.2) is 0 Å². The second-order valence-electron chi connectivity index (χ2n) is 6.14. The standard InChI is InChI=1S/C19H34N2/c1-4-6-7-8-9-10-11-14-18(20-5-2)16-19-17(3)13-12-15-21-19/h12-13,15,18,20H,4-11,14,16H2,1-3H3. The summed E-state index contributed by atoms with van der Waals surface area (Å²) in [4.78, 5) is 4.54. The Morgan fingerprint density at radius 3 is 2.43 bits per heavy atom. The monoisotopic (exact) mass is 290 g/mol. The van der Waals surface area contributed by atoms with Gasteiger partial charge in [-0.2, -0.15) is 0 Å². The van der Waals surface area contributed by atoms with E-state index in [2.05, 4.69) is 37.1 Å². The number of pyridine rings is 1. The van der Waals surface area contributed by atoms with E-state index in [1.54, 1.807) is 0 Å². The van der Waals surface area contributed by atoms with Crippen LogP contribution in [0.1, 0.15) is 76.5 Å². The van der Waals surface area contributed by atoms with Gasteiger partial charge in [0.2, 0.25) is 0 Å². The molecule has 2 nitrogen and oxygen atoms in total. The molecule has 0 aromatic carbocycles. The van der Waals surface area contributed by atoms with Crippen molar-refractivity contribution in [2.45, 2.75) is 84.6 Å². The van der Waals surface area contributed by atoms with E-state index in [9.17, 15) is 0 Å². The molecule has 0 aliphatic heterocycles. The van der Waals surface area contributed by atoms with Gasteiger partial charge in [-0.15, -0.1) is 0 Å². The molecule has 0 amide bonds. The lowest BCUT2D eigenvalue weighted by Crippen LogP contribution is -2.31. The average Bonchev–Trinajstić information content (AvgIpc) is 2.48. The second kappa shape index (κ2) is 11.7. The molecule has 1 heterocycles. The Morgan fingerprint density at radius 2 is 1.76 bits per heavy atom. The number of aromatic nitrogens is 1. The predicted molar refractivity (Wildman–Crippen MR) is 92.8 cm³/mol. The van der Waals surface area contributed by atoms with Crippen LogP contribution in [-0.4, -0.2) is 17.6 Å². The molecule has 1 unspecified atom stereocenters. The molecule has 1 rings (SSSR count). The van der Waals surface area contributed by atoms with Crippen molar-refractivity contribution in [2.24, 2.45) is 0 Å². The van der Waals surface area contributed by atoms with Gasteiger partial charge >= 0.3 is 0 Å². The van der Waals surface area contributed by atoms with Crippen molar-refractivity contribution in [1.29, 1.82) is 0 Å². The van der Waals surface area contributed by atoms with Crippen LogP contribution < -0.4 is 5.32 Å². The molecule has 1 atom stereocenters. The Balaban J connectivity index is 2.25. The van der Waals surface area contributed by atoms with E-state index in [-0.39, 0.29) is 0 Å². The number of nitrogens with one attached hydrogen (secondary N) is 1. The van der Waals surface area contributed by atoms with E-state index < -0.39 is 0 Å². The molecule has 1 aromatic heterocycles. The van der Waals surface area contributed by atoms with Gasteiger partial charge in [0.25, 0.3) is 0 Å². The number of rotatable bonds is 12. The van der Waals surface area contributed by atoms with Crippen LogP contribution in [0.3, 0.4) is 0 Å². The zero-order chi connectivity index (χ0) is 15.3. The molecular formula is C19H34N2. The van der Waals surface area contributed by atoms with Gasteiger partial charge in [0.1, 0.15) is 0 Å². The van der Waals surface area contributed by atoms with Gasteiger partial charge in [-0.05, 0) is 31.5 Å². The Morgan fingerprint density at radius 1 is 1.05 bits per heavy atom. The molecule has 120 valence electrons. The van der Waals surface area contributed by atoms with Crippen molar-refractivity contribution in [2.75, 3.05) is 6.54 Å². The first kappa shape index (κ1) is 18.2. The average molecular weight is 290 g/mol. The van der Waals surface area contributed by atoms with Crippen LogP contribution in [0, 0.1) is 6.92 Å². The van der Waals surface area contributed by atoms with E-state index in [4.69, 9.17) is 0 Å². The molecule has 0 saturated heterocycles. The minimum atomic E-state index is 0.583. The van der Waals surface area contributed by atoms with Crippen molar-refractivity contribution >= 4 is 0 Å². The van der Waals surface area contributed by atoms with Gasteiger partial charge in [0.05, 0.1) is 0 Å². The summed E-state index contributed by atoms with van der Waals surface area (Å²) >= 11 is 0. The number of likely N-dealkylation sites (N-methyl/N-ethyl adjacent to an activating group) is 1. The lowest BCUT2D eigenvalue weighted by atomic mass is 10.00. The molecule has 0 spiro atoms. The first-order valence-electron chi connectivity index (χ1n) is 8.91. The normalized spacial score (nSPS) is 12.5. The molecule has 0 radical (unpaired) electrons. The molecule has 1 aromatic rings. The molecule has 0 bridgehead atoms. The summed E-state index contributed by atoms with van der Waals surface area (Å²) in [6, 6.07) is 4.77. The van der Waals surface area contributed by atoms with Crippen molar-refractivity contribution in [3.05, 3.63) is 29.6 Å². The lowest BCUT2D eigenvalue weighted by molar-refractivity contribution is 0.455. The third-order valence-electron chi connectivity index (χ3n) is 4.21. The summed E-state index contributed by atoms with van der Waals surface area (Å²) < 4.78 is 0. The smallest absolute Gasteiger partial charge is 0.0448 e. The van der Waals surface area contributed by atoms with Crippen LogP contribution in [0.4, 0.5) is 0 Å². The summed E-state index contributed by atoms with van der Waals surface area (Å²) in [7, 11) is 0. The van der Waals surface area contributed by atoms with Crippen molar-refractivity contribution in [3.8, 4) is 0 Å². The van der Waals surface area contributed by atoms with Crippen molar-refractivity contribution < 1.29 is 0 Å².